The molecule has 0 aromatic carbocycles. The van der Waals surface area contributed by atoms with E-state index in [9.17, 15) is 4.79 Å². The number of unbranched alkanes of at least 4 members (excludes halogenated alkanes) is 4. The van der Waals surface area contributed by atoms with Crippen molar-refractivity contribution in [2.45, 2.75) is 71.1 Å². The Labute approximate surface area is 170 Å². The van der Waals surface area contributed by atoms with Crippen molar-refractivity contribution in [1.82, 2.24) is 5.32 Å². The van der Waals surface area contributed by atoms with Gasteiger partial charge in [0.1, 0.15) is 0 Å². The topological polar surface area (TPSA) is 41.5 Å². The average Bonchev–Trinajstić information content (AvgIpc) is 3.17. The summed E-state index contributed by atoms with van der Waals surface area (Å²) in [6, 6.07) is 0. The van der Waals surface area contributed by atoms with Crippen molar-refractivity contribution < 1.29 is 4.79 Å². The van der Waals surface area contributed by atoms with Gasteiger partial charge in [0.05, 0.1) is 6.54 Å². The van der Waals surface area contributed by atoms with E-state index in [0.29, 0.717) is 6.42 Å². The van der Waals surface area contributed by atoms with Gasteiger partial charge in [0.15, 0.2) is 5.17 Å². The Morgan fingerprint density at radius 3 is 2.07 bits per heavy atom. The third kappa shape index (κ3) is 15.2. The minimum absolute atomic E-state index is 0.0824. The van der Waals surface area contributed by atoms with Crippen LogP contribution < -0.4 is 5.32 Å². The molecule has 0 aromatic heterocycles. The largest absolute Gasteiger partial charge is 0.305 e. The molecule has 4 heteroatoms. The molecule has 150 valence electrons. The lowest BCUT2D eigenvalue weighted by Gasteiger charge is -2.02. The number of amidine groups is 1. The average molecular weight is 389 g/mol. The number of hydrogen-bond donors (Lipinski definition) is 1. The van der Waals surface area contributed by atoms with Crippen molar-refractivity contribution in [2.24, 2.45) is 4.99 Å². The van der Waals surface area contributed by atoms with Crippen molar-refractivity contribution in [3.05, 3.63) is 48.6 Å². The van der Waals surface area contributed by atoms with Crippen LogP contribution in [0.4, 0.5) is 0 Å². The molecule has 0 saturated heterocycles. The molecule has 0 spiro atoms. The molecule has 1 amide bonds. The van der Waals surface area contributed by atoms with Crippen LogP contribution in [0.15, 0.2) is 53.6 Å². The van der Waals surface area contributed by atoms with E-state index in [1.54, 1.807) is 11.8 Å². The number of thioether (sulfide) groups is 1. The normalized spacial score (nSPS) is 14.9. The van der Waals surface area contributed by atoms with Crippen LogP contribution >= 0.6 is 11.8 Å². The number of carbonyl (C=O) groups excluding carboxylic acids is 1. The van der Waals surface area contributed by atoms with Crippen LogP contribution in [0.5, 0.6) is 0 Å². The zero-order valence-electron chi connectivity index (χ0n) is 16.9. The number of rotatable bonds is 14. The van der Waals surface area contributed by atoms with E-state index in [2.05, 4.69) is 65.8 Å². The van der Waals surface area contributed by atoms with Gasteiger partial charge in [-0.15, -0.1) is 0 Å². The Morgan fingerprint density at radius 2 is 1.52 bits per heavy atom. The summed E-state index contributed by atoms with van der Waals surface area (Å²) in [7, 11) is 0. The summed E-state index contributed by atoms with van der Waals surface area (Å²) in [6.07, 6.45) is 28.3. The van der Waals surface area contributed by atoms with E-state index >= 15 is 0 Å². The highest BCUT2D eigenvalue weighted by Gasteiger charge is 2.09. The van der Waals surface area contributed by atoms with Gasteiger partial charge >= 0.3 is 0 Å². The lowest BCUT2D eigenvalue weighted by Crippen LogP contribution is -2.26. The first-order valence-corrected chi connectivity index (χ1v) is 11.4. The summed E-state index contributed by atoms with van der Waals surface area (Å²) in [5.74, 6) is 1.07. The Morgan fingerprint density at radius 1 is 0.926 bits per heavy atom. The van der Waals surface area contributed by atoms with Gasteiger partial charge in [0.25, 0.3) is 0 Å². The monoisotopic (exact) mass is 388 g/mol. The van der Waals surface area contributed by atoms with Crippen molar-refractivity contribution in [1.29, 1.82) is 0 Å². The maximum Gasteiger partial charge on any atom is 0.225 e. The summed E-state index contributed by atoms with van der Waals surface area (Å²) in [4.78, 5) is 15.9. The number of hydrogen-bond acceptors (Lipinski definition) is 3. The molecule has 27 heavy (non-hydrogen) atoms. The molecule has 1 aliphatic heterocycles. The number of nitrogens with zero attached hydrogens (tertiary/aromatic N) is 1. The molecular formula is C23H36N2OS. The first-order chi connectivity index (χ1) is 13.3. The lowest BCUT2D eigenvalue weighted by atomic mass is 10.2. The van der Waals surface area contributed by atoms with Gasteiger partial charge < -0.3 is 5.32 Å². The molecule has 0 aromatic rings. The summed E-state index contributed by atoms with van der Waals surface area (Å²) in [5.41, 5.74) is 0. The van der Waals surface area contributed by atoms with Crippen LogP contribution in [0.3, 0.4) is 0 Å². The SMILES string of the molecule is CCCCCC=CCC=CCC=CCC=CCCCC(=O)NC1=NCCS1. The smallest absolute Gasteiger partial charge is 0.225 e. The van der Waals surface area contributed by atoms with Gasteiger partial charge in [-0.05, 0) is 44.9 Å². The van der Waals surface area contributed by atoms with E-state index in [0.717, 1.165) is 49.6 Å². The van der Waals surface area contributed by atoms with Gasteiger partial charge in [-0.1, -0.05) is 80.1 Å². The second-order valence-electron chi connectivity index (χ2n) is 6.56. The fraction of sp³-hybridized carbons (Fsp3) is 0.565. The minimum Gasteiger partial charge on any atom is -0.305 e. The van der Waals surface area contributed by atoms with Crippen LogP contribution in [0.25, 0.3) is 0 Å². The van der Waals surface area contributed by atoms with Gasteiger partial charge in [0, 0.05) is 12.2 Å². The highest BCUT2D eigenvalue weighted by atomic mass is 32.2. The van der Waals surface area contributed by atoms with Crippen LogP contribution in [0.1, 0.15) is 71.1 Å². The Balaban J connectivity index is 1.91. The molecule has 0 bridgehead atoms. The lowest BCUT2D eigenvalue weighted by molar-refractivity contribution is -0.119. The second kappa shape index (κ2) is 17.8. The maximum atomic E-state index is 11.7. The number of allylic oxidation sites excluding steroid dienone is 8. The van der Waals surface area contributed by atoms with Crippen LogP contribution in [0.2, 0.25) is 0 Å². The van der Waals surface area contributed by atoms with Gasteiger partial charge in [-0.25, -0.2) is 0 Å². The summed E-state index contributed by atoms with van der Waals surface area (Å²) >= 11 is 1.62. The minimum atomic E-state index is 0.0824. The molecule has 1 N–H and O–H groups in total. The molecule has 0 aliphatic carbocycles. The molecule has 0 fully saturated rings. The first-order valence-electron chi connectivity index (χ1n) is 10.4. The van der Waals surface area contributed by atoms with E-state index in [4.69, 9.17) is 0 Å². The van der Waals surface area contributed by atoms with E-state index in [-0.39, 0.29) is 5.91 Å². The number of aliphatic imine (C=N–C) groups is 1. The van der Waals surface area contributed by atoms with Crippen molar-refractivity contribution in [3.8, 4) is 0 Å². The van der Waals surface area contributed by atoms with E-state index < -0.39 is 0 Å². The van der Waals surface area contributed by atoms with Gasteiger partial charge in [0.2, 0.25) is 5.91 Å². The zero-order valence-corrected chi connectivity index (χ0v) is 17.7. The molecular weight excluding hydrogens is 352 g/mol. The molecule has 0 atom stereocenters. The molecule has 1 heterocycles. The summed E-state index contributed by atoms with van der Waals surface area (Å²) in [5, 5.41) is 3.65. The highest BCUT2D eigenvalue weighted by molar-refractivity contribution is 8.14. The third-order valence-corrected chi connectivity index (χ3v) is 4.96. The molecule has 0 radical (unpaired) electrons. The van der Waals surface area contributed by atoms with Crippen molar-refractivity contribution >= 4 is 22.8 Å². The first kappa shape index (κ1) is 23.5. The van der Waals surface area contributed by atoms with Crippen LogP contribution in [-0.4, -0.2) is 23.4 Å². The Kier molecular flexibility index (Phi) is 15.5. The standard InChI is InChI=1S/C23H36N2OS/c1-2-3-4-5-6-7-8-9-10-11-12-13-14-15-16-17-18-19-22(26)25-23-24-20-21-27-23/h6-7,9-10,12-13,15-16H,2-5,8,11,14,17-21H2,1H3,(H,24,25,26). The number of amides is 1. The predicted molar refractivity (Wildman–Crippen MR) is 121 cm³/mol. The molecule has 1 rings (SSSR count). The molecule has 0 unspecified atom stereocenters. The zero-order chi connectivity index (χ0) is 19.4. The van der Waals surface area contributed by atoms with Crippen molar-refractivity contribution in [2.75, 3.05) is 12.3 Å². The fourth-order valence-electron chi connectivity index (χ4n) is 2.53. The Bertz CT molecular complexity index is 532. The van der Waals surface area contributed by atoms with E-state index in [1.165, 1.54) is 25.7 Å². The summed E-state index contributed by atoms with van der Waals surface area (Å²) < 4.78 is 0. The third-order valence-electron chi connectivity index (χ3n) is 4.06. The van der Waals surface area contributed by atoms with Crippen molar-refractivity contribution in [3.63, 3.8) is 0 Å². The fourth-order valence-corrected chi connectivity index (χ4v) is 3.28. The number of carbonyl (C=O) groups is 1. The van der Waals surface area contributed by atoms with Gasteiger partial charge in [-0.2, -0.15) is 0 Å². The second-order valence-corrected chi connectivity index (χ2v) is 7.65. The molecule has 3 nitrogen and oxygen atoms in total. The quantitative estimate of drug-likeness (QED) is 0.278. The molecule has 1 aliphatic rings. The summed E-state index contributed by atoms with van der Waals surface area (Å²) in [6.45, 7) is 3.06. The maximum absolute atomic E-state index is 11.7. The Hall–Kier alpha value is -1.55. The predicted octanol–water partition coefficient (Wildman–Crippen LogP) is 6.35. The highest BCUT2D eigenvalue weighted by Crippen LogP contribution is 2.09. The molecule has 0 saturated carbocycles. The van der Waals surface area contributed by atoms with Crippen LogP contribution in [-0.2, 0) is 4.79 Å². The van der Waals surface area contributed by atoms with Gasteiger partial charge in [-0.3, -0.25) is 9.79 Å². The van der Waals surface area contributed by atoms with Crippen LogP contribution in [0, 0.1) is 0 Å². The number of nitrogens with one attached hydrogen (secondary N) is 1. The van der Waals surface area contributed by atoms with E-state index in [1.807, 2.05) is 0 Å².